The highest BCUT2D eigenvalue weighted by molar-refractivity contribution is 6.07. The molecular formula is C34H35N5O4. The molecule has 9 nitrogen and oxygen atoms in total. The first-order valence-corrected chi connectivity index (χ1v) is 15.3. The molecule has 2 saturated heterocycles. The molecule has 3 aromatic rings. The van der Waals surface area contributed by atoms with Crippen LogP contribution < -0.4 is 10.2 Å². The number of hydrogen-bond acceptors (Lipinski definition) is 6. The van der Waals surface area contributed by atoms with E-state index in [9.17, 15) is 19.2 Å². The van der Waals surface area contributed by atoms with Crippen molar-refractivity contribution in [1.82, 2.24) is 20.1 Å². The number of likely N-dealkylation sites (tertiary alicyclic amines) is 1. The van der Waals surface area contributed by atoms with Crippen LogP contribution in [0.1, 0.15) is 81.0 Å². The van der Waals surface area contributed by atoms with Crippen LogP contribution in [-0.4, -0.2) is 64.1 Å². The standard InChI is InChI=1S/C34H35N5O4/c40-31-11-10-29(32(41)36-31)39-21-26-19-25(8-9-27(26)33(39)42)23-12-16-37(17-13-23)20-22-6-7-24-4-3-15-38(34(43)28(24)18-22)30-5-1-2-14-35-30/h1-2,5-9,14,18-19,23,29H,3-4,10-13,15-17,20-21H2,(H,36,40,41). The van der Waals surface area contributed by atoms with Gasteiger partial charge < -0.3 is 4.90 Å². The summed E-state index contributed by atoms with van der Waals surface area (Å²) in [4.78, 5) is 60.9. The number of aromatic nitrogens is 1. The monoisotopic (exact) mass is 577 g/mol. The van der Waals surface area contributed by atoms with Gasteiger partial charge in [0.25, 0.3) is 11.8 Å². The van der Waals surface area contributed by atoms with Gasteiger partial charge in [-0.1, -0.05) is 30.3 Å². The minimum Gasteiger partial charge on any atom is -0.322 e. The number of nitrogens with one attached hydrogen (secondary N) is 1. The quantitative estimate of drug-likeness (QED) is 0.463. The highest BCUT2D eigenvalue weighted by Gasteiger charge is 2.39. The fourth-order valence-corrected chi connectivity index (χ4v) is 7.08. The fraction of sp³-hybridized carbons (Fsp3) is 0.382. The highest BCUT2D eigenvalue weighted by Crippen LogP contribution is 2.34. The average molecular weight is 578 g/mol. The Morgan fingerprint density at radius 1 is 0.814 bits per heavy atom. The van der Waals surface area contributed by atoms with E-state index < -0.39 is 6.04 Å². The van der Waals surface area contributed by atoms with Crippen LogP contribution in [0, 0.1) is 0 Å². The number of hydrogen-bond donors (Lipinski definition) is 1. The number of amides is 4. The van der Waals surface area contributed by atoms with Gasteiger partial charge in [-0.15, -0.1) is 0 Å². The van der Waals surface area contributed by atoms with Crippen LogP contribution in [0.5, 0.6) is 0 Å². The van der Waals surface area contributed by atoms with Crippen molar-refractivity contribution in [2.24, 2.45) is 0 Å². The smallest absolute Gasteiger partial charge is 0.259 e. The van der Waals surface area contributed by atoms with Gasteiger partial charge in [-0.2, -0.15) is 0 Å². The molecule has 9 heteroatoms. The lowest BCUT2D eigenvalue weighted by molar-refractivity contribution is -0.136. The molecule has 2 aromatic carbocycles. The molecule has 1 N–H and O–H groups in total. The summed E-state index contributed by atoms with van der Waals surface area (Å²) in [5.41, 5.74) is 5.90. The summed E-state index contributed by atoms with van der Waals surface area (Å²) in [6, 6.07) is 17.6. The molecule has 0 spiro atoms. The summed E-state index contributed by atoms with van der Waals surface area (Å²) < 4.78 is 0. The van der Waals surface area contributed by atoms with Crippen LogP contribution in [0.15, 0.2) is 60.8 Å². The first kappa shape index (κ1) is 27.5. The fourth-order valence-electron chi connectivity index (χ4n) is 7.08. The van der Waals surface area contributed by atoms with Gasteiger partial charge in [0.15, 0.2) is 0 Å². The van der Waals surface area contributed by atoms with Gasteiger partial charge >= 0.3 is 0 Å². The van der Waals surface area contributed by atoms with Crippen molar-refractivity contribution in [3.8, 4) is 0 Å². The number of carbonyl (C=O) groups excluding carboxylic acids is 4. The topological polar surface area (TPSA) is 103 Å². The molecule has 43 heavy (non-hydrogen) atoms. The second kappa shape index (κ2) is 11.4. The second-order valence-corrected chi connectivity index (χ2v) is 12.1. The lowest BCUT2D eigenvalue weighted by Gasteiger charge is -2.32. The zero-order chi connectivity index (χ0) is 29.5. The summed E-state index contributed by atoms with van der Waals surface area (Å²) in [5.74, 6) is 0.344. The Hall–Kier alpha value is -4.37. The predicted octanol–water partition coefficient (Wildman–Crippen LogP) is 3.82. The number of fused-ring (bicyclic) bond motifs is 2. The number of piperidine rings is 2. The molecule has 4 amide bonds. The van der Waals surface area contributed by atoms with Gasteiger partial charge in [0, 0.05) is 43.4 Å². The Kier molecular flexibility index (Phi) is 7.26. The molecule has 0 aliphatic carbocycles. The first-order valence-electron chi connectivity index (χ1n) is 15.3. The number of imide groups is 1. The van der Waals surface area contributed by atoms with Crippen LogP contribution in [0.3, 0.4) is 0 Å². The van der Waals surface area contributed by atoms with E-state index in [2.05, 4.69) is 45.5 Å². The van der Waals surface area contributed by atoms with Gasteiger partial charge in [-0.25, -0.2) is 4.98 Å². The van der Waals surface area contributed by atoms with Gasteiger partial charge in [0.2, 0.25) is 11.8 Å². The number of anilines is 1. The molecule has 1 unspecified atom stereocenters. The first-order chi connectivity index (χ1) is 20.9. The molecule has 220 valence electrons. The average Bonchev–Trinajstić information content (AvgIpc) is 3.25. The third-order valence-corrected chi connectivity index (χ3v) is 9.42. The number of aryl methyl sites for hydroxylation is 1. The van der Waals surface area contributed by atoms with Crippen molar-refractivity contribution in [2.45, 2.75) is 63.6 Å². The maximum Gasteiger partial charge on any atom is 0.259 e. The maximum absolute atomic E-state index is 13.5. The van der Waals surface area contributed by atoms with Crippen molar-refractivity contribution in [3.05, 3.63) is 94.2 Å². The Morgan fingerprint density at radius 2 is 1.67 bits per heavy atom. The second-order valence-electron chi connectivity index (χ2n) is 12.1. The molecular weight excluding hydrogens is 542 g/mol. The third kappa shape index (κ3) is 5.33. The molecule has 2 fully saturated rings. The van der Waals surface area contributed by atoms with Gasteiger partial charge in [-0.05, 0) is 97.6 Å². The van der Waals surface area contributed by atoms with E-state index in [4.69, 9.17) is 0 Å². The Balaban J connectivity index is 0.990. The van der Waals surface area contributed by atoms with Crippen LogP contribution >= 0.6 is 0 Å². The number of rotatable bonds is 5. The minimum absolute atomic E-state index is 0.0259. The molecule has 0 radical (unpaired) electrons. The summed E-state index contributed by atoms with van der Waals surface area (Å²) in [5, 5.41) is 2.37. The SMILES string of the molecule is O=C1CCC(N2Cc3cc(C4CCN(Cc5ccc6c(c5)C(=O)N(c5ccccn5)CCC6)CC4)ccc3C2=O)C(=O)N1. The van der Waals surface area contributed by atoms with Crippen molar-refractivity contribution >= 4 is 29.4 Å². The van der Waals surface area contributed by atoms with E-state index in [1.165, 1.54) is 5.56 Å². The molecule has 4 aliphatic rings. The van der Waals surface area contributed by atoms with Crippen LogP contribution in [-0.2, 0) is 29.1 Å². The lowest BCUT2D eigenvalue weighted by atomic mass is 9.87. The zero-order valence-corrected chi connectivity index (χ0v) is 24.1. The number of benzene rings is 2. The van der Waals surface area contributed by atoms with Gasteiger partial charge in [-0.3, -0.25) is 34.3 Å². The number of nitrogens with zero attached hydrogens (tertiary/aromatic N) is 4. The minimum atomic E-state index is -0.592. The van der Waals surface area contributed by atoms with Crippen LogP contribution in [0.25, 0.3) is 0 Å². The Bertz CT molecular complexity index is 1600. The highest BCUT2D eigenvalue weighted by atomic mass is 16.2. The van der Waals surface area contributed by atoms with Crippen molar-refractivity contribution < 1.29 is 19.2 Å². The molecule has 4 aliphatic heterocycles. The van der Waals surface area contributed by atoms with Gasteiger partial charge in [0.05, 0.1) is 0 Å². The van der Waals surface area contributed by atoms with Crippen LogP contribution in [0.4, 0.5) is 5.82 Å². The van der Waals surface area contributed by atoms with Gasteiger partial charge in [0.1, 0.15) is 11.9 Å². The molecule has 1 aromatic heterocycles. The van der Waals surface area contributed by atoms with E-state index in [-0.39, 0.29) is 30.0 Å². The molecule has 0 bridgehead atoms. The van der Waals surface area contributed by atoms with E-state index in [1.54, 1.807) is 16.0 Å². The number of pyridine rings is 1. The summed E-state index contributed by atoms with van der Waals surface area (Å²) >= 11 is 0. The largest absolute Gasteiger partial charge is 0.322 e. The van der Waals surface area contributed by atoms with Crippen molar-refractivity contribution in [2.75, 3.05) is 24.5 Å². The maximum atomic E-state index is 13.5. The van der Waals surface area contributed by atoms with Crippen molar-refractivity contribution in [1.29, 1.82) is 0 Å². The van der Waals surface area contributed by atoms with E-state index in [1.807, 2.05) is 24.3 Å². The number of carbonyl (C=O) groups is 4. The molecule has 5 heterocycles. The molecule has 1 atom stereocenters. The molecule has 0 saturated carbocycles. The van der Waals surface area contributed by atoms with Crippen LogP contribution in [0.2, 0.25) is 0 Å². The van der Waals surface area contributed by atoms with Crippen molar-refractivity contribution in [3.63, 3.8) is 0 Å². The molecule has 7 rings (SSSR count). The van der Waals surface area contributed by atoms with E-state index in [0.717, 1.165) is 67.6 Å². The Morgan fingerprint density at radius 3 is 2.47 bits per heavy atom. The normalized spacial score (nSPS) is 21.4. The van der Waals surface area contributed by atoms with E-state index >= 15 is 0 Å². The summed E-state index contributed by atoms with van der Waals surface area (Å²) in [6.07, 6.45) is 6.18. The zero-order valence-electron chi connectivity index (χ0n) is 24.1. The Labute approximate surface area is 250 Å². The summed E-state index contributed by atoms with van der Waals surface area (Å²) in [7, 11) is 0. The third-order valence-electron chi connectivity index (χ3n) is 9.42. The lowest BCUT2D eigenvalue weighted by Crippen LogP contribution is -2.52. The summed E-state index contributed by atoms with van der Waals surface area (Å²) in [6.45, 7) is 3.78. The van der Waals surface area contributed by atoms with E-state index in [0.29, 0.717) is 36.8 Å². The predicted molar refractivity (Wildman–Crippen MR) is 160 cm³/mol.